The molecule has 0 aliphatic carbocycles. The molecular formula is C22H28F2N4OS. The second kappa shape index (κ2) is 12.8. The number of nitrogens with two attached hydrogens (primary N) is 2. The van der Waals surface area contributed by atoms with E-state index in [0.717, 1.165) is 6.21 Å². The van der Waals surface area contributed by atoms with Crippen LogP contribution in [0, 0.1) is 11.2 Å². The zero-order valence-electron chi connectivity index (χ0n) is 17.6. The molecule has 0 spiro atoms. The lowest BCUT2D eigenvalue weighted by Crippen LogP contribution is -2.05. The van der Waals surface area contributed by atoms with Gasteiger partial charge >= 0.3 is 0 Å². The molecule has 0 unspecified atom stereocenters. The molecule has 2 aromatic carbocycles. The molecule has 5 N–H and O–H groups in total. The Morgan fingerprint density at radius 3 is 2.23 bits per heavy atom. The maximum Gasteiger partial charge on any atom is 0.131 e. The van der Waals surface area contributed by atoms with Crippen LogP contribution in [-0.4, -0.2) is 30.3 Å². The van der Waals surface area contributed by atoms with E-state index in [4.69, 9.17) is 16.9 Å². The molecule has 1 aromatic heterocycles. The fourth-order valence-electron chi connectivity index (χ4n) is 2.85. The molecule has 0 saturated carbocycles. The van der Waals surface area contributed by atoms with Gasteiger partial charge in [0.1, 0.15) is 11.6 Å². The first kappa shape index (κ1) is 25.3. The van der Waals surface area contributed by atoms with Crippen molar-refractivity contribution in [3.63, 3.8) is 0 Å². The normalized spacial score (nSPS) is 9.93. The number of pyridine rings is 1. The summed E-state index contributed by atoms with van der Waals surface area (Å²) in [6, 6.07) is 9.28. The van der Waals surface area contributed by atoms with Crippen LogP contribution < -0.4 is 11.5 Å². The molecule has 0 fully saturated rings. The quantitative estimate of drug-likeness (QED) is 0.356. The third kappa shape index (κ3) is 6.14. The summed E-state index contributed by atoms with van der Waals surface area (Å²) in [7, 11) is 0. The molecule has 0 saturated heterocycles. The number of aromatic nitrogens is 1. The van der Waals surface area contributed by atoms with Crippen molar-refractivity contribution in [1.29, 1.82) is 5.41 Å². The first-order chi connectivity index (χ1) is 14.5. The average molecular weight is 435 g/mol. The van der Waals surface area contributed by atoms with E-state index in [0.29, 0.717) is 38.8 Å². The number of anilines is 2. The van der Waals surface area contributed by atoms with Crippen molar-refractivity contribution in [2.45, 2.75) is 20.3 Å². The van der Waals surface area contributed by atoms with E-state index in [2.05, 4.69) is 9.93 Å². The van der Waals surface area contributed by atoms with Crippen LogP contribution in [0.25, 0.3) is 21.9 Å². The molecule has 0 radical (unpaired) electrons. The summed E-state index contributed by atoms with van der Waals surface area (Å²) in [5.41, 5.74) is 14.8. The minimum absolute atomic E-state index is 0.182. The molecule has 0 bridgehead atoms. The summed E-state index contributed by atoms with van der Waals surface area (Å²) in [5, 5.41) is 8.84. The van der Waals surface area contributed by atoms with Gasteiger partial charge in [-0.05, 0) is 52.3 Å². The standard InChI is InChI=1S/C18H16F2N4O.C2H6S.C2H6/c19-12-3-1-10(2-4-12)17-13-7-11(9-21)15(22)8-14(13)18(23)24-16(17)5-6-25-20;1-3-2;1-2/h1-4,7-9,21H,5-6,22H2,(H2,23,24);1-2H3;1-2H3. The van der Waals surface area contributed by atoms with Crippen LogP contribution in [0.3, 0.4) is 0 Å². The Morgan fingerprint density at radius 2 is 1.70 bits per heavy atom. The Morgan fingerprint density at radius 1 is 1.10 bits per heavy atom. The first-order valence-corrected chi connectivity index (χ1v) is 11.0. The second-order valence-electron chi connectivity index (χ2n) is 5.97. The van der Waals surface area contributed by atoms with Gasteiger partial charge in [0, 0.05) is 34.8 Å². The van der Waals surface area contributed by atoms with E-state index in [1.54, 1.807) is 36.0 Å². The van der Waals surface area contributed by atoms with Crippen LogP contribution in [-0.2, 0) is 11.4 Å². The fourth-order valence-corrected chi connectivity index (χ4v) is 2.85. The number of thioether (sulfide) groups is 1. The Bertz CT molecular complexity index is 966. The van der Waals surface area contributed by atoms with Crippen molar-refractivity contribution >= 4 is 40.3 Å². The summed E-state index contributed by atoms with van der Waals surface area (Å²) in [6.45, 7) is 3.82. The van der Waals surface area contributed by atoms with E-state index < -0.39 is 0 Å². The fraction of sp³-hybridized carbons (Fsp3) is 0.273. The highest BCUT2D eigenvalue weighted by atomic mass is 32.2. The molecule has 1 heterocycles. The number of nitrogens with one attached hydrogen (secondary N) is 1. The molecule has 3 aromatic rings. The topological polar surface area (TPSA) is 98.0 Å². The summed E-state index contributed by atoms with van der Waals surface area (Å²) in [4.78, 5) is 8.03. The van der Waals surface area contributed by atoms with Crippen molar-refractivity contribution in [3.05, 3.63) is 53.5 Å². The molecule has 0 aliphatic rings. The van der Waals surface area contributed by atoms with Gasteiger partial charge < -0.3 is 16.9 Å². The van der Waals surface area contributed by atoms with Gasteiger partial charge in [0.05, 0.1) is 12.3 Å². The molecule has 0 atom stereocenters. The van der Waals surface area contributed by atoms with Crippen molar-refractivity contribution < 1.29 is 13.9 Å². The predicted molar refractivity (Wildman–Crippen MR) is 125 cm³/mol. The van der Waals surface area contributed by atoms with Crippen LogP contribution in [0.1, 0.15) is 25.1 Å². The Labute approximate surface area is 180 Å². The summed E-state index contributed by atoms with van der Waals surface area (Å²) < 4.78 is 25.5. The van der Waals surface area contributed by atoms with Crippen LogP contribution in [0.2, 0.25) is 0 Å². The summed E-state index contributed by atoms with van der Waals surface area (Å²) in [6.07, 6.45) is 5.41. The average Bonchev–Trinajstić information content (AvgIpc) is 2.75. The van der Waals surface area contributed by atoms with Crippen molar-refractivity contribution in [3.8, 4) is 11.1 Å². The van der Waals surface area contributed by atoms with Gasteiger partial charge in [0.15, 0.2) is 0 Å². The van der Waals surface area contributed by atoms with E-state index in [-0.39, 0.29) is 24.7 Å². The number of hydrogen-bond donors (Lipinski definition) is 3. The zero-order chi connectivity index (χ0) is 22.7. The largest absolute Gasteiger partial charge is 0.398 e. The van der Waals surface area contributed by atoms with Crippen LogP contribution in [0.5, 0.6) is 0 Å². The molecule has 3 rings (SSSR count). The summed E-state index contributed by atoms with van der Waals surface area (Å²) >= 11 is 1.75. The number of benzene rings is 2. The summed E-state index contributed by atoms with van der Waals surface area (Å²) in [5.74, 6) is -0.118. The molecule has 0 aliphatic heterocycles. The Kier molecular flexibility index (Phi) is 10.8. The number of nitrogen functional groups attached to an aromatic ring is 2. The van der Waals surface area contributed by atoms with Crippen molar-refractivity contribution in [1.82, 2.24) is 4.98 Å². The number of rotatable bonds is 5. The predicted octanol–water partition coefficient (Wildman–Crippen LogP) is 5.65. The molecule has 5 nitrogen and oxygen atoms in total. The third-order valence-corrected chi connectivity index (χ3v) is 4.02. The maximum atomic E-state index is 13.3. The smallest absolute Gasteiger partial charge is 0.131 e. The lowest BCUT2D eigenvalue weighted by atomic mass is 9.94. The minimum atomic E-state index is -0.366. The molecular weight excluding hydrogens is 406 g/mol. The number of nitrogens with zero attached hydrogens (tertiary/aromatic N) is 1. The molecule has 0 amide bonds. The molecule has 30 heavy (non-hydrogen) atoms. The van der Waals surface area contributed by atoms with E-state index in [1.807, 2.05) is 26.4 Å². The van der Waals surface area contributed by atoms with Gasteiger partial charge in [-0.1, -0.05) is 26.0 Å². The molecule has 8 heteroatoms. The van der Waals surface area contributed by atoms with Gasteiger partial charge in [0.25, 0.3) is 0 Å². The number of hydrogen-bond acceptors (Lipinski definition) is 6. The minimum Gasteiger partial charge on any atom is -0.398 e. The SMILES string of the molecule is CC.CSC.N=Cc1cc2c(-c3ccc(F)cc3)c(CCOF)nc(N)c2cc1N. The van der Waals surface area contributed by atoms with Gasteiger partial charge in [-0.3, -0.25) is 0 Å². The molecule has 162 valence electrons. The highest BCUT2D eigenvalue weighted by Crippen LogP contribution is 2.36. The highest BCUT2D eigenvalue weighted by molar-refractivity contribution is 7.97. The highest BCUT2D eigenvalue weighted by Gasteiger charge is 2.16. The van der Waals surface area contributed by atoms with Gasteiger partial charge in [-0.25, -0.2) is 9.37 Å². The van der Waals surface area contributed by atoms with Gasteiger partial charge in [-0.2, -0.15) is 16.7 Å². The lowest BCUT2D eigenvalue weighted by molar-refractivity contribution is -0.130. The Hall–Kier alpha value is -2.71. The van der Waals surface area contributed by atoms with Crippen molar-refractivity contribution in [2.75, 3.05) is 30.6 Å². The van der Waals surface area contributed by atoms with Crippen LogP contribution >= 0.6 is 11.8 Å². The number of fused-ring (bicyclic) bond motifs is 1. The van der Waals surface area contributed by atoms with Gasteiger partial charge in [-0.15, -0.1) is 0 Å². The number of halogens is 2. The zero-order valence-corrected chi connectivity index (χ0v) is 18.4. The van der Waals surface area contributed by atoms with Crippen molar-refractivity contribution in [2.24, 2.45) is 0 Å². The van der Waals surface area contributed by atoms with E-state index >= 15 is 0 Å². The van der Waals surface area contributed by atoms with Gasteiger partial charge in [0.2, 0.25) is 0 Å². The maximum absolute atomic E-state index is 13.3. The monoisotopic (exact) mass is 434 g/mol. The lowest BCUT2D eigenvalue weighted by Gasteiger charge is -2.15. The van der Waals surface area contributed by atoms with Crippen LogP contribution in [0.15, 0.2) is 36.4 Å². The third-order valence-electron chi connectivity index (χ3n) is 4.02. The van der Waals surface area contributed by atoms with E-state index in [1.165, 1.54) is 12.1 Å². The van der Waals surface area contributed by atoms with E-state index in [9.17, 15) is 8.92 Å². The van der Waals surface area contributed by atoms with Crippen LogP contribution in [0.4, 0.5) is 20.4 Å². The second-order valence-corrected chi connectivity index (χ2v) is 6.78. The first-order valence-electron chi connectivity index (χ1n) is 9.38. The Balaban J connectivity index is 0.000000826.